The van der Waals surface area contributed by atoms with Crippen LogP contribution in [0.3, 0.4) is 0 Å². The molecule has 0 aliphatic carbocycles. The number of rotatable bonds is 3. The van der Waals surface area contributed by atoms with E-state index in [1.165, 1.54) is 51.1 Å². The fourth-order valence-electron chi connectivity index (χ4n) is 8.50. The summed E-state index contributed by atoms with van der Waals surface area (Å²) in [5.41, 5.74) is 5.28. The maximum Gasteiger partial charge on any atom is 0.164 e. The SMILES string of the molecule is N#Cc1c(-n2c3ccccc3c3c4sc5ccccc5c4ccc32)nc(-c2ccccc2)nc1-n1c2ccccc2c2c3sc4ccccc4c3ccc21. The van der Waals surface area contributed by atoms with Crippen LogP contribution in [0.2, 0.25) is 0 Å². The molecule has 0 amide bonds. The third-order valence-electron chi connectivity index (χ3n) is 10.8. The van der Waals surface area contributed by atoms with Gasteiger partial charge in [-0.05, 0) is 36.4 Å². The molecule has 7 heteroatoms. The van der Waals surface area contributed by atoms with Crippen molar-refractivity contribution in [1.29, 1.82) is 5.26 Å². The van der Waals surface area contributed by atoms with Crippen LogP contribution >= 0.6 is 22.7 Å². The highest BCUT2D eigenvalue weighted by Gasteiger charge is 2.26. The lowest BCUT2D eigenvalue weighted by Crippen LogP contribution is -2.10. The maximum atomic E-state index is 11.3. The van der Waals surface area contributed by atoms with Gasteiger partial charge in [0.25, 0.3) is 0 Å². The van der Waals surface area contributed by atoms with Gasteiger partial charge in [-0.1, -0.05) is 115 Å². The zero-order valence-corrected chi connectivity index (χ0v) is 30.1. The zero-order chi connectivity index (χ0) is 35.5. The third-order valence-corrected chi connectivity index (χ3v) is 13.2. The number of hydrogen-bond acceptors (Lipinski definition) is 5. The van der Waals surface area contributed by atoms with Crippen molar-refractivity contribution in [3.05, 3.63) is 157 Å². The molecule has 0 spiro atoms. The van der Waals surface area contributed by atoms with Gasteiger partial charge >= 0.3 is 0 Å². The van der Waals surface area contributed by atoms with E-state index in [2.05, 4.69) is 137 Å². The van der Waals surface area contributed by atoms with Crippen LogP contribution < -0.4 is 0 Å². The van der Waals surface area contributed by atoms with Crippen molar-refractivity contribution in [3.63, 3.8) is 0 Å². The molecular weight excluding hydrogens is 699 g/mol. The summed E-state index contributed by atoms with van der Waals surface area (Å²) in [6.07, 6.45) is 0. The molecule has 0 fully saturated rings. The van der Waals surface area contributed by atoms with Crippen molar-refractivity contribution in [1.82, 2.24) is 19.1 Å². The second-order valence-corrected chi connectivity index (χ2v) is 15.7. The first kappa shape index (κ1) is 29.7. The molecule has 0 saturated carbocycles. The molecule has 0 bridgehead atoms. The Morgan fingerprint density at radius 3 is 1.37 bits per heavy atom. The van der Waals surface area contributed by atoms with Crippen LogP contribution in [0.5, 0.6) is 0 Å². The first-order valence-electron chi connectivity index (χ1n) is 17.8. The predicted molar refractivity (Wildman–Crippen MR) is 227 cm³/mol. The third kappa shape index (κ3) is 3.96. The number of hydrogen-bond donors (Lipinski definition) is 0. The van der Waals surface area contributed by atoms with E-state index in [4.69, 9.17) is 9.97 Å². The van der Waals surface area contributed by atoms with Gasteiger partial charge in [0.1, 0.15) is 11.6 Å². The van der Waals surface area contributed by atoms with Gasteiger partial charge in [-0.3, -0.25) is 9.13 Å². The van der Waals surface area contributed by atoms with Crippen LogP contribution in [-0.4, -0.2) is 19.1 Å². The van der Waals surface area contributed by atoms with Crippen LogP contribution in [0.15, 0.2) is 152 Å². The lowest BCUT2D eigenvalue weighted by molar-refractivity contribution is 0.982. The van der Waals surface area contributed by atoms with Crippen molar-refractivity contribution in [2.24, 2.45) is 0 Å². The van der Waals surface area contributed by atoms with Crippen molar-refractivity contribution in [2.75, 3.05) is 0 Å². The number of fused-ring (bicyclic) bond motifs is 14. The molecule has 5 aromatic heterocycles. The number of thiophene rings is 2. The lowest BCUT2D eigenvalue weighted by atomic mass is 10.1. The summed E-state index contributed by atoms with van der Waals surface area (Å²) in [6, 6.07) is 55.7. The maximum absolute atomic E-state index is 11.3. The first-order valence-corrected chi connectivity index (χ1v) is 19.5. The van der Waals surface area contributed by atoms with E-state index < -0.39 is 0 Å². The molecule has 0 aliphatic heterocycles. The number of aromatic nitrogens is 4. The highest BCUT2D eigenvalue weighted by molar-refractivity contribution is 7.27. The Kier molecular flexibility index (Phi) is 6.09. The summed E-state index contributed by atoms with van der Waals surface area (Å²) in [6.45, 7) is 0. The van der Waals surface area contributed by atoms with Crippen LogP contribution in [-0.2, 0) is 0 Å². The molecule has 0 unspecified atom stereocenters. The van der Waals surface area contributed by atoms with Gasteiger partial charge in [0.05, 0.1) is 22.1 Å². The van der Waals surface area contributed by atoms with Crippen molar-refractivity contribution in [2.45, 2.75) is 0 Å². The minimum Gasteiger partial charge on any atom is -0.292 e. The normalized spacial score (nSPS) is 12.1. The Morgan fingerprint density at radius 2 is 0.870 bits per heavy atom. The van der Waals surface area contributed by atoms with Crippen molar-refractivity contribution < 1.29 is 0 Å². The Balaban J connectivity index is 1.25. The van der Waals surface area contributed by atoms with Gasteiger partial charge in [0, 0.05) is 67.5 Å². The molecule has 0 saturated heterocycles. The highest BCUT2D eigenvalue weighted by atomic mass is 32.1. The van der Waals surface area contributed by atoms with Crippen LogP contribution in [0.25, 0.3) is 107 Å². The van der Waals surface area contributed by atoms with Crippen LogP contribution in [0.1, 0.15) is 5.56 Å². The Hall–Kier alpha value is -6.85. The molecule has 5 nitrogen and oxygen atoms in total. The van der Waals surface area contributed by atoms with Gasteiger partial charge in [-0.2, -0.15) is 5.26 Å². The summed E-state index contributed by atoms with van der Waals surface area (Å²) < 4.78 is 9.34. The summed E-state index contributed by atoms with van der Waals surface area (Å²) in [5.74, 6) is 1.67. The second-order valence-electron chi connectivity index (χ2n) is 13.6. The molecule has 0 aliphatic rings. The van der Waals surface area contributed by atoms with Crippen LogP contribution in [0.4, 0.5) is 0 Å². The average Bonchev–Trinajstić information content (AvgIpc) is 3.98. The smallest absolute Gasteiger partial charge is 0.164 e. The Morgan fingerprint density at radius 1 is 0.426 bits per heavy atom. The minimum absolute atomic E-state index is 0.410. The molecule has 0 radical (unpaired) electrons. The van der Waals surface area contributed by atoms with E-state index in [-0.39, 0.29) is 0 Å². The molecule has 7 aromatic carbocycles. The fraction of sp³-hybridized carbons (Fsp3) is 0. The lowest BCUT2D eigenvalue weighted by Gasteiger charge is -2.16. The van der Waals surface area contributed by atoms with Gasteiger partial charge < -0.3 is 0 Å². The summed E-state index contributed by atoms with van der Waals surface area (Å²) in [4.78, 5) is 10.6. The zero-order valence-electron chi connectivity index (χ0n) is 28.5. The summed E-state index contributed by atoms with van der Waals surface area (Å²) in [7, 11) is 0. The molecule has 12 aromatic rings. The Labute approximate surface area is 315 Å². The van der Waals surface area contributed by atoms with Crippen molar-refractivity contribution in [3.8, 4) is 29.1 Å². The van der Waals surface area contributed by atoms with Gasteiger partial charge in [0.15, 0.2) is 17.5 Å². The van der Waals surface area contributed by atoms with E-state index in [1.54, 1.807) is 0 Å². The Bertz CT molecular complexity index is 3370. The molecular formula is C47H25N5S2. The highest BCUT2D eigenvalue weighted by Crippen LogP contribution is 2.46. The number of nitriles is 1. The van der Waals surface area contributed by atoms with Gasteiger partial charge in [-0.15, -0.1) is 22.7 Å². The standard InChI is InChI=1S/C47H25N5S2/c48-26-34-46(51-35-18-8-4-16-32(35)41-37(51)24-22-30-28-14-6-10-20-39(28)53-43(30)41)49-45(27-12-2-1-3-13-27)50-47(34)52-36-19-9-5-17-33(36)42-38(52)25-23-31-29-15-7-11-21-40(29)54-44(31)42/h1-25H. The second kappa shape index (κ2) is 11.1. The molecule has 54 heavy (non-hydrogen) atoms. The molecule has 0 N–H and O–H groups in total. The van der Waals surface area contributed by atoms with E-state index in [9.17, 15) is 5.26 Å². The quantitative estimate of drug-likeness (QED) is 0.182. The predicted octanol–water partition coefficient (Wildman–Crippen LogP) is 12.9. The number of para-hydroxylation sites is 2. The molecule has 0 atom stereocenters. The average molecular weight is 724 g/mol. The first-order chi connectivity index (χ1) is 26.8. The topological polar surface area (TPSA) is 59.4 Å². The molecule has 250 valence electrons. The monoisotopic (exact) mass is 723 g/mol. The number of nitrogens with zero attached hydrogens (tertiary/aromatic N) is 5. The van der Waals surface area contributed by atoms with Gasteiger partial charge in [0.2, 0.25) is 0 Å². The van der Waals surface area contributed by atoms with E-state index in [0.717, 1.165) is 38.4 Å². The summed E-state index contributed by atoms with van der Waals surface area (Å²) in [5, 5.41) is 20.9. The summed E-state index contributed by atoms with van der Waals surface area (Å²) >= 11 is 3.63. The largest absolute Gasteiger partial charge is 0.292 e. The van der Waals surface area contributed by atoms with E-state index >= 15 is 0 Å². The van der Waals surface area contributed by atoms with Crippen molar-refractivity contribution >= 4 is 107 Å². The minimum atomic E-state index is 0.410. The fourth-order valence-corrected chi connectivity index (χ4v) is 11.0. The van der Waals surface area contributed by atoms with Gasteiger partial charge in [-0.25, -0.2) is 9.97 Å². The van der Waals surface area contributed by atoms with E-state index in [1.807, 2.05) is 53.0 Å². The molecule has 5 heterocycles. The van der Waals surface area contributed by atoms with E-state index in [0.29, 0.717) is 23.0 Å². The molecule has 12 rings (SSSR count). The number of benzene rings is 7. The van der Waals surface area contributed by atoms with Crippen LogP contribution in [0, 0.1) is 11.3 Å².